The van der Waals surface area contributed by atoms with Crippen LogP contribution in [0.4, 0.5) is 0 Å². The fraction of sp³-hybridized carbons (Fsp3) is 0.273. The van der Waals surface area contributed by atoms with Crippen molar-refractivity contribution >= 4 is 11.8 Å². The first-order chi connectivity index (χ1) is 15.6. The summed E-state index contributed by atoms with van der Waals surface area (Å²) in [6.07, 6.45) is 6.06. The predicted octanol–water partition coefficient (Wildman–Crippen LogP) is 1.33. The molecule has 2 aromatic heterocycles. The summed E-state index contributed by atoms with van der Waals surface area (Å²) in [4.78, 5) is 30.5. The lowest BCUT2D eigenvalue weighted by Crippen LogP contribution is -2.46. The van der Waals surface area contributed by atoms with Gasteiger partial charge in [-0.05, 0) is 30.3 Å². The minimum Gasteiger partial charge on any atom is -0.490 e. The average molecular weight is 431 g/mol. The Morgan fingerprint density at radius 1 is 1.22 bits per heavy atom. The minimum absolute atomic E-state index is 0.0231. The molecule has 4 rings (SSSR count). The van der Waals surface area contributed by atoms with E-state index >= 15 is 0 Å². The monoisotopic (exact) mass is 431 g/mol. The van der Waals surface area contributed by atoms with Gasteiger partial charge in [-0.1, -0.05) is 11.3 Å². The van der Waals surface area contributed by atoms with Gasteiger partial charge in [0.1, 0.15) is 11.9 Å². The zero-order valence-electron chi connectivity index (χ0n) is 17.2. The molecule has 0 atom stereocenters. The number of aromatic nitrogens is 4. The van der Waals surface area contributed by atoms with Crippen LogP contribution in [0.15, 0.2) is 55.0 Å². The molecule has 0 saturated carbocycles. The van der Waals surface area contributed by atoms with Crippen molar-refractivity contribution < 1.29 is 14.3 Å². The number of ether oxygens (including phenoxy) is 1. The van der Waals surface area contributed by atoms with E-state index < -0.39 is 5.91 Å². The van der Waals surface area contributed by atoms with Crippen molar-refractivity contribution in [3.63, 3.8) is 0 Å². The summed E-state index contributed by atoms with van der Waals surface area (Å²) in [6, 6.07) is 12.7. The second-order valence-corrected chi connectivity index (χ2v) is 7.28. The highest BCUT2D eigenvalue weighted by molar-refractivity contribution is 5.94. The number of pyridine rings is 1. The highest BCUT2D eigenvalue weighted by atomic mass is 16.5. The SMILES string of the molecule is N#Cc1cccc(OC2CCN(C(=O)CNC(=O)c3cn(-c4cccnc4)nn3)CC2)c1. The van der Waals surface area contributed by atoms with E-state index in [0.717, 1.165) is 0 Å². The average Bonchev–Trinajstić information content (AvgIpc) is 3.34. The summed E-state index contributed by atoms with van der Waals surface area (Å²) in [5.74, 6) is 0.0208. The van der Waals surface area contributed by atoms with E-state index in [1.807, 2.05) is 6.07 Å². The Morgan fingerprint density at radius 3 is 2.81 bits per heavy atom. The number of nitrogens with one attached hydrogen (secondary N) is 1. The maximum Gasteiger partial charge on any atom is 0.273 e. The molecule has 3 aromatic rings. The van der Waals surface area contributed by atoms with Crippen LogP contribution in [0.3, 0.4) is 0 Å². The number of hydrogen-bond acceptors (Lipinski definition) is 7. The standard InChI is InChI=1S/C22H21N7O3/c23-12-16-3-1-5-19(11-16)32-18-6-9-28(10-7-18)21(30)14-25-22(31)20-15-29(27-26-20)17-4-2-8-24-13-17/h1-5,8,11,13,15,18H,6-7,9-10,14H2,(H,25,31). The molecule has 10 nitrogen and oxygen atoms in total. The molecule has 1 N–H and O–H groups in total. The number of nitrogens with zero attached hydrogens (tertiary/aromatic N) is 6. The van der Waals surface area contributed by atoms with Gasteiger partial charge >= 0.3 is 0 Å². The summed E-state index contributed by atoms with van der Waals surface area (Å²) in [5, 5.41) is 19.4. The lowest BCUT2D eigenvalue weighted by atomic mass is 10.1. The van der Waals surface area contributed by atoms with E-state index in [2.05, 4.69) is 26.7 Å². The van der Waals surface area contributed by atoms with Gasteiger partial charge in [-0.2, -0.15) is 5.26 Å². The number of benzene rings is 1. The van der Waals surface area contributed by atoms with Crippen LogP contribution in [0.1, 0.15) is 28.9 Å². The van der Waals surface area contributed by atoms with E-state index in [9.17, 15) is 9.59 Å². The molecule has 1 aliphatic rings. The maximum atomic E-state index is 12.5. The molecule has 32 heavy (non-hydrogen) atoms. The normalized spacial score (nSPS) is 13.9. The van der Waals surface area contributed by atoms with Crippen molar-refractivity contribution in [1.29, 1.82) is 5.26 Å². The van der Waals surface area contributed by atoms with Crippen LogP contribution in [-0.2, 0) is 4.79 Å². The van der Waals surface area contributed by atoms with Gasteiger partial charge in [0.25, 0.3) is 5.91 Å². The van der Waals surface area contributed by atoms with Crippen LogP contribution in [0.5, 0.6) is 5.75 Å². The number of piperidine rings is 1. The summed E-state index contributed by atoms with van der Waals surface area (Å²) in [6.45, 7) is 0.956. The molecule has 1 aromatic carbocycles. The number of rotatable bonds is 6. The van der Waals surface area contributed by atoms with Crippen LogP contribution < -0.4 is 10.1 Å². The van der Waals surface area contributed by atoms with Gasteiger partial charge in [0.15, 0.2) is 5.69 Å². The Morgan fingerprint density at radius 2 is 2.06 bits per heavy atom. The van der Waals surface area contributed by atoms with Crippen molar-refractivity contribution in [3.8, 4) is 17.5 Å². The van der Waals surface area contributed by atoms with Gasteiger partial charge in [-0.15, -0.1) is 5.10 Å². The molecule has 162 valence electrons. The highest BCUT2D eigenvalue weighted by Gasteiger charge is 2.24. The highest BCUT2D eigenvalue weighted by Crippen LogP contribution is 2.20. The number of amides is 2. The molecular formula is C22H21N7O3. The second kappa shape index (κ2) is 9.70. The third kappa shape index (κ3) is 5.07. The first-order valence-electron chi connectivity index (χ1n) is 10.2. The Kier molecular flexibility index (Phi) is 6.36. The third-order valence-corrected chi connectivity index (χ3v) is 5.10. The quantitative estimate of drug-likeness (QED) is 0.624. The van der Waals surface area contributed by atoms with E-state index in [-0.39, 0.29) is 24.2 Å². The smallest absolute Gasteiger partial charge is 0.273 e. The summed E-state index contributed by atoms with van der Waals surface area (Å²) >= 11 is 0. The third-order valence-electron chi connectivity index (χ3n) is 5.10. The number of hydrogen-bond donors (Lipinski definition) is 1. The molecule has 0 unspecified atom stereocenters. The molecule has 1 fully saturated rings. The summed E-state index contributed by atoms with van der Waals surface area (Å²) in [7, 11) is 0. The summed E-state index contributed by atoms with van der Waals surface area (Å²) < 4.78 is 7.39. The summed E-state index contributed by atoms with van der Waals surface area (Å²) in [5.41, 5.74) is 1.35. The van der Waals surface area contributed by atoms with E-state index in [4.69, 9.17) is 10.00 Å². The van der Waals surface area contributed by atoms with Gasteiger partial charge in [0, 0.05) is 32.1 Å². The van der Waals surface area contributed by atoms with Crippen LogP contribution in [0.25, 0.3) is 5.69 Å². The Balaban J connectivity index is 1.23. The molecule has 1 saturated heterocycles. The fourth-order valence-electron chi connectivity index (χ4n) is 3.40. The van der Waals surface area contributed by atoms with E-state index in [1.54, 1.807) is 47.6 Å². The molecule has 3 heterocycles. The molecule has 0 radical (unpaired) electrons. The fourth-order valence-corrected chi connectivity index (χ4v) is 3.40. The molecule has 2 amide bonds. The maximum absolute atomic E-state index is 12.5. The van der Waals surface area contributed by atoms with Crippen molar-refractivity contribution in [2.75, 3.05) is 19.6 Å². The van der Waals surface area contributed by atoms with Crippen LogP contribution in [-0.4, -0.2) is 62.4 Å². The Bertz CT molecular complexity index is 1130. The van der Waals surface area contributed by atoms with Crippen LogP contribution in [0, 0.1) is 11.3 Å². The molecule has 0 aliphatic carbocycles. The molecule has 0 spiro atoms. The first kappa shape index (κ1) is 21.0. The van der Waals surface area contributed by atoms with Gasteiger partial charge in [0.2, 0.25) is 5.91 Å². The molecule has 1 aliphatic heterocycles. The number of carbonyl (C=O) groups excluding carboxylic acids is 2. The minimum atomic E-state index is -0.468. The Hall–Kier alpha value is -4.26. The largest absolute Gasteiger partial charge is 0.490 e. The van der Waals surface area contributed by atoms with Gasteiger partial charge in [-0.25, -0.2) is 4.68 Å². The zero-order chi connectivity index (χ0) is 22.3. The lowest BCUT2D eigenvalue weighted by Gasteiger charge is -2.32. The lowest BCUT2D eigenvalue weighted by molar-refractivity contribution is -0.131. The molecular weight excluding hydrogens is 410 g/mol. The molecule has 0 bridgehead atoms. The van der Waals surface area contributed by atoms with E-state index in [1.165, 1.54) is 10.9 Å². The topological polar surface area (TPSA) is 126 Å². The van der Waals surface area contributed by atoms with E-state index in [0.29, 0.717) is 42.9 Å². The van der Waals surface area contributed by atoms with Crippen molar-refractivity contribution in [2.45, 2.75) is 18.9 Å². The van der Waals surface area contributed by atoms with Gasteiger partial charge in [-0.3, -0.25) is 14.6 Å². The van der Waals surface area contributed by atoms with Crippen molar-refractivity contribution in [3.05, 3.63) is 66.2 Å². The number of nitriles is 1. The first-order valence-corrected chi connectivity index (χ1v) is 10.2. The van der Waals surface area contributed by atoms with Crippen molar-refractivity contribution in [2.24, 2.45) is 0 Å². The van der Waals surface area contributed by atoms with Crippen molar-refractivity contribution in [1.82, 2.24) is 30.2 Å². The second-order valence-electron chi connectivity index (χ2n) is 7.28. The zero-order valence-corrected chi connectivity index (χ0v) is 17.2. The van der Waals surface area contributed by atoms with Crippen LogP contribution in [0.2, 0.25) is 0 Å². The van der Waals surface area contributed by atoms with Gasteiger partial charge < -0.3 is 15.0 Å². The predicted molar refractivity (Wildman–Crippen MR) is 113 cm³/mol. The molecule has 10 heteroatoms. The number of likely N-dealkylation sites (tertiary alicyclic amines) is 1. The Labute approximate surface area is 184 Å². The number of carbonyl (C=O) groups is 2. The van der Waals surface area contributed by atoms with Crippen LogP contribution >= 0.6 is 0 Å². The van der Waals surface area contributed by atoms with Gasteiger partial charge in [0.05, 0.1) is 36.3 Å².